The van der Waals surface area contributed by atoms with E-state index in [1.807, 2.05) is 6.92 Å². The van der Waals surface area contributed by atoms with E-state index in [-0.39, 0.29) is 17.9 Å². The maximum absolute atomic E-state index is 10.5. The minimum atomic E-state index is -0.237. The molecule has 3 nitrogen and oxygen atoms in total. The van der Waals surface area contributed by atoms with Crippen LogP contribution < -0.4 is 5.73 Å². The van der Waals surface area contributed by atoms with Gasteiger partial charge in [0, 0.05) is 0 Å². The molecule has 3 heteroatoms. The Morgan fingerprint density at radius 2 is 2.44 bits per heavy atom. The van der Waals surface area contributed by atoms with Gasteiger partial charge in [-0.1, -0.05) is 0 Å². The molecule has 0 aromatic carbocycles. The van der Waals surface area contributed by atoms with Crippen LogP contribution in [0.2, 0.25) is 0 Å². The molecule has 0 aliphatic carbocycles. The topological polar surface area (TPSA) is 52.3 Å². The summed E-state index contributed by atoms with van der Waals surface area (Å²) < 4.78 is 5.13. The number of ether oxygens (including phenoxy) is 1. The summed E-state index contributed by atoms with van der Waals surface area (Å²) in [5.41, 5.74) is 5.04. The summed E-state index contributed by atoms with van der Waals surface area (Å²) in [5.74, 6) is -0.278. The van der Waals surface area contributed by atoms with Crippen LogP contribution in [-0.2, 0) is 9.53 Å². The van der Waals surface area contributed by atoms with E-state index in [0.717, 1.165) is 6.42 Å². The summed E-state index contributed by atoms with van der Waals surface area (Å²) in [6.07, 6.45) is 0.998. The fourth-order valence-electron chi connectivity index (χ4n) is 1.02. The Balaban J connectivity index is 2.39. The molecular formula is C6H11NO2. The third-order valence-corrected chi connectivity index (χ3v) is 1.60. The lowest BCUT2D eigenvalue weighted by Gasteiger charge is -1.98. The van der Waals surface area contributed by atoms with Crippen molar-refractivity contribution in [1.82, 2.24) is 0 Å². The highest BCUT2D eigenvalue weighted by molar-refractivity contribution is 5.77. The summed E-state index contributed by atoms with van der Waals surface area (Å²) in [6.45, 7) is 2.46. The second-order valence-corrected chi connectivity index (χ2v) is 2.48. The van der Waals surface area contributed by atoms with Crippen LogP contribution in [-0.4, -0.2) is 18.6 Å². The first-order valence-corrected chi connectivity index (χ1v) is 3.11. The molecule has 0 aromatic rings. The maximum atomic E-state index is 10.5. The first-order valence-electron chi connectivity index (χ1n) is 3.11. The van der Waals surface area contributed by atoms with Crippen molar-refractivity contribution in [2.24, 2.45) is 11.7 Å². The lowest BCUT2D eigenvalue weighted by atomic mass is 10.1. The number of carbonyl (C=O) groups is 1. The van der Waals surface area contributed by atoms with Crippen LogP contribution in [0.3, 0.4) is 0 Å². The normalized spacial score (nSPS) is 34.8. The highest BCUT2D eigenvalue weighted by Gasteiger charge is 2.25. The van der Waals surface area contributed by atoms with Crippen LogP contribution >= 0.6 is 0 Å². The van der Waals surface area contributed by atoms with Crippen molar-refractivity contribution in [2.75, 3.05) is 6.61 Å². The predicted molar refractivity (Wildman–Crippen MR) is 32.7 cm³/mol. The van der Waals surface area contributed by atoms with Crippen molar-refractivity contribution in [3.63, 3.8) is 0 Å². The van der Waals surface area contributed by atoms with E-state index in [1.165, 1.54) is 0 Å². The van der Waals surface area contributed by atoms with Gasteiger partial charge in [0.25, 0.3) is 0 Å². The van der Waals surface area contributed by atoms with Gasteiger partial charge in [-0.2, -0.15) is 0 Å². The van der Waals surface area contributed by atoms with Crippen molar-refractivity contribution in [3.05, 3.63) is 0 Å². The summed E-state index contributed by atoms with van der Waals surface area (Å²) in [7, 11) is 0. The Labute approximate surface area is 54.2 Å². The van der Waals surface area contributed by atoms with E-state index in [1.54, 1.807) is 0 Å². The van der Waals surface area contributed by atoms with E-state index >= 15 is 0 Å². The molecule has 0 bridgehead atoms. The maximum Gasteiger partial charge on any atom is 0.222 e. The van der Waals surface area contributed by atoms with Crippen molar-refractivity contribution in [2.45, 2.75) is 19.4 Å². The van der Waals surface area contributed by atoms with Crippen LogP contribution in [0.1, 0.15) is 13.3 Å². The Morgan fingerprint density at radius 1 is 1.78 bits per heavy atom. The Morgan fingerprint density at radius 3 is 2.67 bits per heavy atom. The van der Waals surface area contributed by atoms with Crippen molar-refractivity contribution < 1.29 is 9.53 Å². The van der Waals surface area contributed by atoms with Gasteiger partial charge in [0.05, 0.1) is 18.6 Å². The second kappa shape index (κ2) is 2.35. The smallest absolute Gasteiger partial charge is 0.222 e. The molecule has 1 amide bonds. The molecule has 1 saturated heterocycles. The van der Waals surface area contributed by atoms with Gasteiger partial charge in [0.1, 0.15) is 0 Å². The third kappa shape index (κ3) is 1.42. The second-order valence-electron chi connectivity index (χ2n) is 2.48. The van der Waals surface area contributed by atoms with Gasteiger partial charge < -0.3 is 10.5 Å². The molecule has 0 aromatic heterocycles. The lowest BCUT2D eigenvalue weighted by molar-refractivity contribution is -0.121. The van der Waals surface area contributed by atoms with Crippen LogP contribution in [0, 0.1) is 5.92 Å². The predicted octanol–water partition coefficient (Wildman–Crippen LogP) is -0.103. The fraction of sp³-hybridized carbons (Fsp3) is 0.833. The van der Waals surface area contributed by atoms with Gasteiger partial charge in [0.2, 0.25) is 5.91 Å². The minimum Gasteiger partial charge on any atom is -0.378 e. The van der Waals surface area contributed by atoms with Gasteiger partial charge in [-0.15, -0.1) is 0 Å². The Kier molecular flexibility index (Phi) is 1.71. The van der Waals surface area contributed by atoms with E-state index in [9.17, 15) is 4.79 Å². The number of hydrogen-bond acceptors (Lipinski definition) is 2. The van der Waals surface area contributed by atoms with Crippen molar-refractivity contribution in [3.8, 4) is 0 Å². The van der Waals surface area contributed by atoms with E-state index in [2.05, 4.69) is 0 Å². The Hall–Kier alpha value is -0.570. The zero-order valence-electron chi connectivity index (χ0n) is 5.46. The van der Waals surface area contributed by atoms with Crippen LogP contribution in [0.4, 0.5) is 0 Å². The van der Waals surface area contributed by atoms with Crippen molar-refractivity contribution >= 4 is 5.91 Å². The van der Waals surface area contributed by atoms with E-state index in [4.69, 9.17) is 10.5 Å². The van der Waals surface area contributed by atoms with Crippen LogP contribution in [0.25, 0.3) is 0 Å². The lowest BCUT2D eigenvalue weighted by Crippen LogP contribution is -2.23. The standard InChI is InChI=1S/C6H11NO2/c1-4-2-5(3-9-4)6(7)8/h4-5H,2-3H2,1H3,(H2,7,8). The highest BCUT2D eigenvalue weighted by atomic mass is 16.5. The third-order valence-electron chi connectivity index (χ3n) is 1.60. The molecular weight excluding hydrogens is 118 g/mol. The molecule has 1 fully saturated rings. The van der Waals surface area contributed by atoms with Gasteiger partial charge in [0.15, 0.2) is 0 Å². The zero-order chi connectivity index (χ0) is 6.85. The average Bonchev–Trinajstić information content (AvgIpc) is 2.14. The summed E-state index contributed by atoms with van der Waals surface area (Å²) in [4.78, 5) is 10.5. The van der Waals surface area contributed by atoms with Gasteiger partial charge in [-0.25, -0.2) is 0 Å². The number of amides is 1. The Bertz CT molecular complexity index is 124. The SMILES string of the molecule is CC1CC(C(N)=O)CO1. The first-order chi connectivity index (χ1) is 4.20. The fourth-order valence-corrected chi connectivity index (χ4v) is 1.02. The number of hydrogen-bond donors (Lipinski definition) is 1. The molecule has 52 valence electrons. The number of nitrogens with two attached hydrogens (primary N) is 1. The van der Waals surface area contributed by atoms with Crippen LogP contribution in [0.5, 0.6) is 0 Å². The average molecular weight is 129 g/mol. The molecule has 2 N–H and O–H groups in total. The number of primary amides is 1. The molecule has 2 atom stereocenters. The monoisotopic (exact) mass is 129 g/mol. The summed E-state index contributed by atoms with van der Waals surface area (Å²) in [5, 5.41) is 0. The number of rotatable bonds is 1. The van der Waals surface area contributed by atoms with Crippen LogP contribution in [0.15, 0.2) is 0 Å². The zero-order valence-corrected chi connectivity index (χ0v) is 5.46. The summed E-state index contributed by atoms with van der Waals surface area (Å²) >= 11 is 0. The van der Waals surface area contributed by atoms with Gasteiger partial charge in [-0.3, -0.25) is 4.79 Å². The first kappa shape index (κ1) is 6.55. The van der Waals surface area contributed by atoms with Crippen molar-refractivity contribution in [1.29, 1.82) is 0 Å². The largest absolute Gasteiger partial charge is 0.378 e. The molecule has 0 radical (unpaired) electrons. The molecule has 0 saturated carbocycles. The molecule has 2 unspecified atom stereocenters. The molecule has 1 aliphatic rings. The highest BCUT2D eigenvalue weighted by Crippen LogP contribution is 2.17. The van der Waals surface area contributed by atoms with Gasteiger partial charge in [-0.05, 0) is 13.3 Å². The molecule has 1 aliphatic heterocycles. The molecule has 9 heavy (non-hydrogen) atoms. The quantitative estimate of drug-likeness (QED) is 0.537. The molecule has 1 rings (SSSR count). The minimum absolute atomic E-state index is 0.0417. The van der Waals surface area contributed by atoms with Gasteiger partial charge >= 0.3 is 0 Å². The summed E-state index contributed by atoms with van der Waals surface area (Å²) in [6, 6.07) is 0. The van der Waals surface area contributed by atoms with E-state index in [0.29, 0.717) is 6.61 Å². The number of carbonyl (C=O) groups excluding carboxylic acids is 1. The molecule has 1 heterocycles. The molecule has 0 spiro atoms. The van der Waals surface area contributed by atoms with E-state index < -0.39 is 0 Å².